The van der Waals surface area contributed by atoms with Gasteiger partial charge in [-0.3, -0.25) is 4.79 Å². The third-order valence-electron chi connectivity index (χ3n) is 3.48. The lowest BCUT2D eigenvalue weighted by molar-refractivity contribution is -0.133. The Hall–Kier alpha value is -1.97. The van der Waals surface area contributed by atoms with Crippen molar-refractivity contribution >= 4 is 15.4 Å². The highest BCUT2D eigenvalue weighted by molar-refractivity contribution is 7.10. The van der Waals surface area contributed by atoms with E-state index in [4.69, 9.17) is 10.5 Å². The lowest BCUT2D eigenvalue weighted by Crippen LogP contribution is -2.26. The molecule has 2 rings (SSSR count). The average Bonchev–Trinajstić information content (AvgIpc) is 2.55. The van der Waals surface area contributed by atoms with Gasteiger partial charge in [-0.15, -0.1) is 0 Å². The quantitative estimate of drug-likeness (QED) is 0.824. The summed E-state index contributed by atoms with van der Waals surface area (Å²) in [5.41, 5.74) is 8.45. The molecule has 2 aromatic rings. The second kappa shape index (κ2) is 8.04. The number of carbonyl (C=O) groups excluding carboxylic acids is 1. The van der Waals surface area contributed by atoms with Gasteiger partial charge >= 0.3 is 5.97 Å². The smallest absolute Gasteiger partial charge is 0.309 e. The highest BCUT2D eigenvalue weighted by Gasteiger charge is 2.11. The van der Waals surface area contributed by atoms with Gasteiger partial charge in [0, 0.05) is 11.6 Å². The monoisotopic (exact) mass is 335 g/mol. The first-order chi connectivity index (χ1) is 11.0. The Morgan fingerprint density at radius 1 is 1.26 bits per heavy atom. The number of halogens is 1. The molecule has 0 spiro atoms. The van der Waals surface area contributed by atoms with Crippen molar-refractivity contribution in [2.75, 3.05) is 7.11 Å². The van der Waals surface area contributed by atoms with E-state index in [1.807, 2.05) is 33.7 Å². The van der Waals surface area contributed by atoms with E-state index in [0.717, 1.165) is 11.1 Å². The van der Waals surface area contributed by atoms with Crippen LogP contribution in [0.5, 0.6) is 5.75 Å². The zero-order chi connectivity index (χ0) is 16.8. The summed E-state index contributed by atoms with van der Waals surface area (Å²) in [6, 6.07) is 11.7. The van der Waals surface area contributed by atoms with Crippen LogP contribution in [0, 0.1) is 5.82 Å². The summed E-state index contributed by atoms with van der Waals surface area (Å²) in [6.07, 6.45) is 0.712. The van der Waals surface area contributed by atoms with E-state index in [1.165, 1.54) is 12.1 Å². The molecule has 2 unspecified atom stereocenters. The molecule has 0 aliphatic carbocycles. The van der Waals surface area contributed by atoms with Crippen LogP contribution in [0.15, 0.2) is 42.5 Å². The molecule has 23 heavy (non-hydrogen) atoms. The summed E-state index contributed by atoms with van der Waals surface area (Å²) < 4.78 is 23.2. The minimum atomic E-state index is -0.358. The van der Waals surface area contributed by atoms with Gasteiger partial charge in [-0.1, -0.05) is 24.3 Å². The number of methoxy groups -OCH3 is 1. The number of carbonyl (C=O) groups is 1. The van der Waals surface area contributed by atoms with Crippen LogP contribution in [-0.2, 0) is 15.7 Å². The summed E-state index contributed by atoms with van der Waals surface area (Å²) in [6.45, 7) is 0. The number of ether oxygens (including phenoxy) is 1. The van der Waals surface area contributed by atoms with Crippen LogP contribution < -0.4 is 10.5 Å². The van der Waals surface area contributed by atoms with Crippen LogP contribution in [-0.4, -0.2) is 19.1 Å². The highest BCUT2D eigenvalue weighted by Crippen LogP contribution is 2.30. The first-order valence-corrected chi connectivity index (χ1v) is 7.58. The maximum Gasteiger partial charge on any atom is 0.309 e. The zero-order valence-corrected chi connectivity index (χ0v) is 13.9. The van der Waals surface area contributed by atoms with Gasteiger partial charge in [0.05, 0.1) is 23.0 Å². The van der Waals surface area contributed by atoms with Crippen LogP contribution in [0.25, 0.3) is 11.1 Å². The molecule has 0 amide bonds. The van der Waals surface area contributed by atoms with Gasteiger partial charge in [-0.05, 0) is 35.7 Å². The molecule has 2 aromatic carbocycles. The Balaban J connectivity index is 2.14. The van der Waals surface area contributed by atoms with Crippen molar-refractivity contribution in [3.63, 3.8) is 0 Å². The molecule has 2 N–H and O–H groups in total. The third-order valence-corrected chi connectivity index (χ3v) is 3.75. The minimum Gasteiger partial charge on any atom is -0.496 e. The summed E-state index contributed by atoms with van der Waals surface area (Å²) in [7, 11) is 3.47. The Bertz CT molecular complexity index is 676. The summed E-state index contributed by atoms with van der Waals surface area (Å²) in [5, 5.41) is 0. The molecule has 4 nitrogen and oxygen atoms in total. The standard InChI is InChI=1S/C17H19FNO3P/c1-21-16-7-6-13(18)9-15(16)12-4-2-11(3-5-12)8-14(19)10-17(20)22-23/h2-7,9,14H,8,10,19,23H2,1H3. The van der Waals surface area contributed by atoms with Crippen molar-refractivity contribution in [2.24, 2.45) is 5.73 Å². The van der Waals surface area contributed by atoms with E-state index in [1.54, 1.807) is 13.2 Å². The number of hydrogen-bond acceptors (Lipinski definition) is 4. The molecule has 0 saturated heterocycles. The van der Waals surface area contributed by atoms with Crippen molar-refractivity contribution in [1.29, 1.82) is 0 Å². The summed E-state index contributed by atoms with van der Waals surface area (Å²) >= 11 is 0. The lowest BCUT2D eigenvalue weighted by atomic mass is 9.99. The molecule has 6 heteroatoms. The molecule has 0 saturated carbocycles. The summed E-state index contributed by atoms with van der Waals surface area (Å²) in [5.74, 6) is -0.0643. The van der Waals surface area contributed by atoms with E-state index < -0.39 is 0 Å². The molecule has 0 fully saturated rings. The molecule has 0 aliphatic heterocycles. The molecular weight excluding hydrogens is 316 g/mol. The van der Waals surface area contributed by atoms with E-state index in [2.05, 4.69) is 4.52 Å². The van der Waals surface area contributed by atoms with Crippen LogP contribution in [0.1, 0.15) is 12.0 Å². The topological polar surface area (TPSA) is 61.5 Å². The molecule has 0 aliphatic rings. The van der Waals surface area contributed by atoms with E-state index in [9.17, 15) is 9.18 Å². The van der Waals surface area contributed by atoms with Gasteiger partial charge in [0.2, 0.25) is 0 Å². The molecule has 0 heterocycles. The lowest BCUT2D eigenvalue weighted by Gasteiger charge is -2.12. The Kier molecular flexibility index (Phi) is 6.08. The maximum atomic E-state index is 13.5. The Morgan fingerprint density at radius 3 is 2.57 bits per heavy atom. The fraction of sp³-hybridized carbons (Fsp3) is 0.235. The van der Waals surface area contributed by atoms with Crippen molar-refractivity contribution in [1.82, 2.24) is 0 Å². The zero-order valence-electron chi connectivity index (χ0n) is 12.8. The molecule has 0 bridgehead atoms. The Labute approximate surface area is 137 Å². The fourth-order valence-electron chi connectivity index (χ4n) is 2.36. The predicted molar refractivity (Wildman–Crippen MR) is 90.5 cm³/mol. The second-order valence-electron chi connectivity index (χ2n) is 5.20. The highest BCUT2D eigenvalue weighted by atomic mass is 31.0. The van der Waals surface area contributed by atoms with Gasteiger partial charge in [0.15, 0.2) is 0 Å². The van der Waals surface area contributed by atoms with Crippen LogP contribution in [0.3, 0.4) is 0 Å². The molecule has 2 atom stereocenters. The van der Waals surface area contributed by atoms with Gasteiger partial charge in [0.25, 0.3) is 0 Å². The van der Waals surface area contributed by atoms with Crippen LogP contribution in [0.4, 0.5) is 4.39 Å². The van der Waals surface area contributed by atoms with Crippen molar-refractivity contribution in [3.05, 3.63) is 53.8 Å². The normalized spacial score (nSPS) is 11.8. The van der Waals surface area contributed by atoms with Crippen molar-refractivity contribution in [2.45, 2.75) is 18.9 Å². The molecular formula is C17H19FNO3P. The van der Waals surface area contributed by atoms with Gasteiger partial charge < -0.3 is 15.0 Å². The Morgan fingerprint density at radius 2 is 1.96 bits per heavy atom. The predicted octanol–water partition coefficient (Wildman–Crippen LogP) is 3.09. The van der Waals surface area contributed by atoms with Gasteiger partial charge in [0.1, 0.15) is 11.6 Å². The maximum absolute atomic E-state index is 13.5. The van der Waals surface area contributed by atoms with E-state index in [0.29, 0.717) is 17.7 Å². The number of benzene rings is 2. The minimum absolute atomic E-state index is 0.156. The number of rotatable bonds is 6. The van der Waals surface area contributed by atoms with Crippen LogP contribution >= 0.6 is 9.47 Å². The number of hydrogen-bond donors (Lipinski definition) is 1. The third kappa shape index (κ3) is 4.75. The number of nitrogens with two attached hydrogens (primary N) is 1. The molecule has 0 aromatic heterocycles. The molecule has 122 valence electrons. The second-order valence-corrected chi connectivity index (χ2v) is 5.44. The first-order valence-electron chi connectivity index (χ1n) is 7.11. The SMILES string of the molecule is COc1ccc(F)cc1-c1ccc(CC(N)CC(=O)OP)cc1. The van der Waals surface area contributed by atoms with Crippen molar-refractivity contribution < 1.29 is 18.4 Å². The van der Waals surface area contributed by atoms with Gasteiger partial charge in [-0.2, -0.15) is 0 Å². The van der Waals surface area contributed by atoms with Crippen molar-refractivity contribution in [3.8, 4) is 16.9 Å². The average molecular weight is 335 g/mol. The summed E-state index contributed by atoms with van der Waals surface area (Å²) in [4.78, 5) is 11.2. The first kappa shape index (κ1) is 17.4. The van der Waals surface area contributed by atoms with E-state index >= 15 is 0 Å². The van der Waals surface area contributed by atoms with Gasteiger partial charge in [-0.25, -0.2) is 4.39 Å². The van der Waals surface area contributed by atoms with E-state index in [-0.39, 0.29) is 24.2 Å². The molecule has 0 radical (unpaired) electrons. The fourth-order valence-corrected chi connectivity index (χ4v) is 2.46. The largest absolute Gasteiger partial charge is 0.496 e. The van der Waals surface area contributed by atoms with Crippen LogP contribution in [0.2, 0.25) is 0 Å².